The lowest BCUT2D eigenvalue weighted by Crippen LogP contribution is -2.46. The number of hydrogen-bond donors (Lipinski definition) is 2. The Hall–Kier alpha value is -1.92. The van der Waals surface area contributed by atoms with Gasteiger partial charge in [0.15, 0.2) is 0 Å². The Morgan fingerprint density at radius 2 is 1.96 bits per heavy atom. The summed E-state index contributed by atoms with van der Waals surface area (Å²) in [6.45, 7) is 0.551. The number of aliphatic hydroxyl groups excluding tert-OH is 1. The zero-order valence-corrected chi connectivity index (χ0v) is 16.1. The molecule has 27 heavy (non-hydrogen) atoms. The SMILES string of the molecule is COC(=O)CC1(CNC2CCCC2)CCc2ccc(C(=O)OC)cc2C1O. The van der Waals surface area contributed by atoms with E-state index in [1.54, 1.807) is 12.1 Å². The van der Waals surface area contributed by atoms with Crippen molar-refractivity contribution in [3.05, 3.63) is 34.9 Å². The number of aryl methyl sites for hydroxylation is 1. The molecule has 1 saturated carbocycles. The smallest absolute Gasteiger partial charge is 0.337 e. The number of rotatable bonds is 6. The van der Waals surface area contributed by atoms with Gasteiger partial charge < -0.3 is 19.9 Å². The molecule has 2 aliphatic carbocycles. The molecule has 0 heterocycles. The number of carbonyl (C=O) groups is 2. The van der Waals surface area contributed by atoms with Gasteiger partial charge in [0, 0.05) is 18.0 Å². The lowest BCUT2D eigenvalue weighted by Gasteiger charge is -2.43. The molecule has 2 atom stereocenters. The molecule has 1 aromatic carbocycles. The fourth-order valence-corrected chi connectivity index (χ4v) is 4.44. The Balaban J connectivity index is 1.88. The molecule has 6 heteroatoms. The van der Waals surface area contributed by atoms with E-state index in [0.29, 0.717) is 30.1 Å². The number of carbonyl (C=O) groups excluding carboxylic acids is 2. The molecule has 0 saturated heterocycles. The van der Waals surface area contributed by atoms with Crippen LogP contribution in [0, 0.1) is 5.41 Å². The maximum Gasteiger partial charge on any atom is 0.337 e. The van der Waals surface area contributed by atoms with Crippen LogP contribution in [0.2, 0.25) is 0 Å². The summed E-state index contributed by atoms with van der Waals surface area (Å²) in [7, 11) is 2.71. The summed E-state index contributed by atoms with van der Waals surface area (Å²) >= 11 is 0. The summed E-state index contributed by atoms with van der Waals surface area (Å²) in [5.41, 5.74) is 1.49. The van der Waals surface area contributed by atoms with Crippen molar-refractivity contribution in [1.29, 1.82) is 0 Å². The summed E-state index contributed by atoms with van der Waals surface area (Å²) in [4.78, 5) is 24.0. The second kappa shape index (κ2) is 8.40. The van der Waals surface area contributed by atoms with Crippen LogP contribution in [0.15, 0.2) is 18.2 Å². The highest BCUT2D eigenvalue weighted by Crippen LogP contribution is 2.47. The average Bonchev–Trinajstić information content (AvgIpc) is 3.22. The van der Waals surface area contributed by atoms with Crippen LogP contribution in [0.5, 0.6) is 0 Å². The summed E-state index contributed by atoms with van der Waals surface area (Å²) < 4.78 is 9.72. The second-order valence-electron chi connectivity index (χ2n) is 7.79. The Bertz CT molecular complexity index is 698. The van der Waals surface area contributed by atoms with Crippen LogP contribution in [-0.4, -0.2) is 43.9 Å². The number of hydrogen-bond acceptors (Lipinski definition) is 6. The Morgan fingerprint density at radius 1 is 1.22 bits per heavy atom. The van der Waals surface area contributed by atoms with Gasteiger partial charge in [0.05, 0.1) is 32.3 Å². The summed E-state index contributed by atoms with van der Waals surface area (Å²) in [5.74, 6) is -0.756. The third-order valence-corrected chi connectivity index (χ3v) is 6.16. The number of nitrogens with one attached hydrogen (secondary N) is 1. The molecule has 6 nitrogen and oxygen atoms in total. The summed E-state index contributed by atoms with van der Waals surface area (Å²) in [5, 5.41) is 14.8. The van der Waals surface area contributed by atoms with Crippen molar-refractivity contribution < 1.29 is 24.2 Å². The van der Waals surface area contributed by atoms with Crippen LogP contribution in [0.1, 0.15) is 66.1 Å². The lowest BCUT2D eigenvalue weighted by molar-refractivity contribution is -0.146. The first-order valence-electron chi connectivity index (χ1n) is 9.68. The van der Waals surface area contributed by atoms with Crippen LogP contribution in [-0.2, 0) is 20.7 Å². The molecule has 1 aromatic rings. The Morgan fingerprint density at radius 3 is 2.63 bits per heavy atom. The quantitative estimate of drug-likeness (QED) is 0.744. The molecule has 0 bridgehead atoms. The summed E-state index contributed by atoms with van der Waals surface area (Å²) in [6.07, 6.45) is 5.43. The minimum atomic E-state index is -0.848. The van der Waals surface area contributed by atoms with Crippen molar-refractivity contribution in [2.75, 3.05) is 20.8 Å². The molecule has 2 aliphatic rings. The molecule has 0 amide bonds. The van der Waals surface area contributed by atoms with E-state index in [-0.39, 0.29) is 12.4 Å². The van der Waals surface area contributed by atoms with Gasteiger partial charge in [0.2, 0.25) is 0 Å². The van der Waals surface area contributed by atoms with Crippen LogP contribution < -0.4 is 5.32 Å². The Labute approximate surface area is 160 Å². The molecule has 2 unspecified atom stereocenters. The van der Waals surface area contributed by atoms with Crippen molar-refractivity contribution in [3.63, 3.8) is 0 Å². The van der Waals surface area contributed by atoms with E-state index in [2.05, 4.69) is 5.32 Å². The van der Waals surface area contributed by atoms with E-state index in [0.717, 1.165) is 24.8 Å². The maximum atomic E-state index is 12.1. The van der Waals surface area contributed by atoms with Crippen LogP contribution in [0.3, 0.4) is 0 Å². The van der Waals surface area contributed by atoms with E-state index in [1.165, 1.54) is 27.1 Å². The van der Waals surface area contributed by atoms with E-state index >= 15 is 0 Å². The van der Waals surface area contributed by atoms with Crippen molar-refractivity contribution >= 4 is 11.9 Å². The van der Waals surface area contributed by atoms with E-state index < -0.39 is 17.5 Å². The van der Waals surface area contributed by atoms with Gasteiger partial charge >= 0.3 is 11.9 Å². The third kappa shape index (κ3) is 4.17. The zero-order chi connectivity index (χ0) is 19.4. The molecule has 1 fully saturated rings. The molecule has 0 aromatic heterocycles. The monoisotopic (exact) mass is 375 g/mol. The zero-order valence-electron chi connectivity index (χ0n) is 16.1. The highest BCUT2D eigenvalue weighted by atomic mass is 16.5. The number of benzene rings is 1. The van der Waals surface area contributed by atoms with Gasteiger partial charge in [-0.3, -0.25) is 4.79 Å². The predicted octanol–water partition coefficient (Wildman–Crippen LogP) is 2.53. The topological polar surface area (TPSA) is 84.9 Å². The molecule has 3 rings (SSSR count). The molecule has 2 N–H and O–H groups in total. The first-order valence-corrected chi connectivity index (χ1v) is 9.68. The largest absolute Gasteiger partial charge is 0.469 e. The number of esters is 2. The highest BCUT2D eigenvalue weighted by Gasteiger charge is 2.44. The minimum absolute atomic E-state index is 0.145. The van der Waals surface area contributed by atoms with E-state index in [9.17, 15) is 14.7 Å². The number of methoxy groups -OCH3 is 2. The van der Waals surface area contributed by atoms with E-state index in [1.807, 2.05) is 6.07 Å². The third-order valence-electron chi connectivity index (χ3n) is 6.16. The fourth-order valence-electron chi connectivity index (χ4n) is 4.44. The van der Waals surface area contributed by atoms with Gasteiger partial charge in [-0.25, -0.2) is 4.79 Å². The fraction of sp³-hybridized carbons (Fsp3) is 0.619. The van der Waals surface area contributed by atoms with Crippen molar-refractivity contribution in [1.82, 2.24) is 5.32 Å². The first-order chi connectivity index (χ1) is 13.0. The average molecular weight is 375 g/mol. The Kier molecular flexibility index (Phi) is 6.17. The normalized spacial score (nSPS) is 25.1. The molecule has 0 radical (unpaired) electrons. The first kappa shape index (κ1) is 19.8. The van der Waals surface area contributed by atoms with Crippen LogP contribution in [0.4, 0.5) is 0 Å². The number of aliphatic hydroxyl groups is 1. The van der Waals surface area contributed by atoms with Crippen LogP contribution in [0.25, 0.3) is 0 Å². The molecular weight excluding hydrogens is 346 g/mol. The predicted molar refractivity (Wildman–Crippen MR) is 100 cm³/mol. The highest BCUT2D eigenvalue weighted by molar-refractivity contribution is 5.89. The second-order valence-corrected chi connectivity index (χ2v) is 7.79. The molecule has 148 valence electrons. The molecule has 0 spiro atoms. The minimum Gasteiger partial charge on any atom is -0.469 e. The van der Waals surface area contributed by atoms with Gasteiger partial charge in [0.1, 0.15) is 0 Å². The number of fused-ring (bicyclic) bond motifs is 1. The lowest BCUT2D eigenvalue weighted by atomic mass is 9.67. The van der Waals surface area contributed by atoms with Gasteiger partial charge in [-0.15, -0.1) is 0 Å². The van der Waals surface area contributed by atoms with Crippen LogP contribution >= 0.6 is 0 Å². The van der Waals surface area contributed by atoms with Gasteiger partial charge in [0.25, 0.3) is 0 Å². The molecular formula is C21H29NO5. The van der Waals surface area contributed by atoms with Crippen molar-refractivity contribution in [3.8, 4) is 0 Å². The molecule has 0 aliphatic heterocycles. The van der Waals surface area contributed by atoms with Crippen molar-refractivity contribution in [2.24, 2.45) is 5.41 Å². The van der Waals surface area contributed by atoms with Gasteiger partial charge in [-0.2, -0.15) is 0 Å². The van der Waals surface area contributed by atoms with Crippen molar-refractivity contribution in [2.45, 2.75) is 57.1 Å². The van der Waals surface area contributed by atoms with Gasteiger partial charge in [-0.05, 0) is 48.9 Å². The standard InChI is InChI=1S/C21H29NO5/c1-26-18(23)12-21(13-22-16-5-3-4-6-16)10-9-14-7-8-15(20(25)27-2)11-17(14)19(21)24/h7-8,11,16,19,22,24H,3-6,9-10,12-13H2,1-2H3. The van der Waals surface area contributed by atoms with Gasteiger partial charge in [-0.1, -0.05) is 18.9 Å². The number of ether oxygens (including phenoxy) is 2. The summed E-state index contributed by atoms with van der Waals surface area (Å²) in [6, 6.07) is 5.74. The maximum absolute atomic E-state index is 12.1. The van der Waals surface area contributed by atoms with E-state index in [4.69, 9.17) is 9.47 Å².